The van der Waals surface area contributed by atoms with Gasteiger partial charge in [-0.1, -0.05) is 32.6 Å². The van der Waals surface area contributed by atoms with Gasteiger partial charge in [0, 0.05) is 13.1 Å². The molecule has 0 saturated carbocycles. The van der Waals surface area contributed by atoms with E-state index < -0.39 is 29.3 Å². The maximum absolute atomic E-state index is 15.0. The smallest absolute Gasteiger partial charge is 0.257 e. The zero-order valence-corrected chi connectivity index (χ0v) is 24.4. The molecule has 2 fully saturated rings. The Morgan fingerprint density at radius 3 is 2.46 bits per heavy atom. The number of benzene rings is 1. The van der Waals surface area contributed by atoms with Crippen molar-refractivity contribution in [2.45, 2.75) is 71.0 Å². The third-order valence-corrected chi connectivity index (χ3v) is 8.34. The minimum Gasteiger partial charge on any atom is -0.492 e. The molecule has 2 aliphatic heterocycles. The Morgan fingerprint density at radius 1 is 1.20 bits per heavy atom. The van der Waals surface area contributed by atoms with Crippen molar-refractivity contribution >= 4 is 17.4 Å². The van der Waals surface area contributed by atoms with Crippen LogP contribution in [0.1, 0.15) is 75.2 Å². The molecule has 2 saturated heterocycles. The molecule has 1 atom stereocenters. The highest BCUT2D eigenvalue weighted by molar-refractivity contribution is 5.98. The van der Waals surface area contributed by atoms with Crippen LogP contribution in [-0.2, 0) is 9.53 Å². The maximum atomic E-state index is 15.0. The molecule has 2 heterocycles. The number of primary amides is 1. The second-order valence-electron chi connectivity index (χ2n) is 11.1. The quantitative estimate of drug-likeness (QED) is 0.203. The average molecular weight is 569 g/mol. The lowest BCUT2D eigenvalue weighted by atomic mass is 9.94. The van der Waals surface area contributed by atoms with E-state index in [-0.39, 0.29) is 5.56 Å². The number of allylic oxidation sites excluding steroid dienone is 4. The van der Waals surface area contributed by atoms with Gasteiger partial charge in [0.05, 0.1) is 23.8 Å². The molecule has 0 aliphatic carbocycles. The molecule has 0 bridgehead atoms. The van der Waals surface area contributed by atoms with E-state index in [0.717, 1.165) is 25.9 Å². The van der Waals surface area contributed by atoms with Crippen LogP contribution in [-0.4, -0.2) is 66.1 Å². The third kappa shape index (κ3) is 8.26. The van der Waals surface area contributed by atoms with Crippen molar-refractivity contribution in [2.24, 2.45) is 11.7 Å². The highest BCUT2D eigenvalue weighted by Crippen LogP contribution is 2.27. The molecule has 0 unspecified atom stereocenters. The number of hydrogen-bond donors (Lipinski definition) is 1. The van der Waals surface area contributed by atoms with E-state index >= 15 is 0 Å². The number of ether oxygens (including phenoxy) is 1. The van der Waals surface area contributed by atoms with Crippen LogP contribution in [0.2, 0.25) is 0 Å². The van der Waals surface area contributed by atoms with Crippen molar-refractivity contribution in [3.8, 4) is 6.07 Å². The number of nitriles is 1. The van der Waals surface area contributed by atoms with E-state index in [1.165, 1.54) is 17.0 Å². The van der Waals surface area contributed by atoms with Crippen molar-refractivity contribution in [1.29, 1.82) is 5.26 Å². The van der Waals surface area contributed by atoms with Gasteiger partial charge in [-0.3, -0.25) is 9.59 Å². The summed E-state index contributed by atoms with van der Waals surface area (Å²) in [5, 5.41) is 9.47. The van der Waals surface area contributed by atoms with Gasteiger partial charge >= 0.3 is 0 Å². The Kier molecular flexibility index (Phi) is 11.2. The van der Waals surface area contributed by atoms with Crippen LogP contribution >= 0.6 is 0 Å². The fourth-order valence-corrected chi connectivity index (χ4v) is 5.35. The highest BCUT2D eigenvalue weighted by Gasteiger charge is 2.34. The molecule has 2 N–H and O–H groups in total. The van der Waals surface area contributed by atoms with Gasteiger partial charge in [0.25, 0.3) is 5.91 Å². The fourth-order valence-electron chi connectivity index (χ4n) is 5.35. The normalized spacial score (nSPS) is 19.2. The number of alkyl halides is 1. The molecule has 2 aliphatic rings. The predicted octanol–water partition coefficient (Wildman–Crippen LogP) is 5.54. The molecule has 1 aromatic rings. The van der Waals surface area contributed by atoms with E-state index in [1.807, 2.05) is 13.8 Å². The van der Waals surface area contributed by atoms with Gasteiger partial charge in [0.1, 0.15) is 23.3 Å². The van der Waals surface area contributed by atoms with Crippen molar-refractivity contribution in [1.82, 2.24) is 9.80 Å². The highest BCUT2D eigenvalue weighted by atomic mass is 19.1. The second kappa shape index (κ2) is 14.4. The minimum atomic E-state index is -1.14. The number of amides is 2. The summed E-state index contributed by atoms with van der Waals surface area (Å²) in [5.74, 6) is -1.17. The molecule has 9 heteroatoms. The summed E-state index contributed by atoms with van der Waals surface area (Å²) in [4.78, 5) is 28.0. The minimum absolute atomic E-state index is 0.129. The number of carbonyl (C=O) groups is 2. The maximum Gasteiger partial charge on any atom is 0.257 e. The Balaban J connectivity index is 1.60. The number of halogens is 2. The summed E-state index contributed by atoms with van der Waals surface area (Å²) in [6, 6.07) is 5.60. The molecule has 1 aromatic carbocycles. The summed E-state index contributed by atoms with van der Waals surface area (Å²) in [6.07, 6.45) is 7.20. The van der Waals surface area contributed by atoms with Crippen LogP contribution in [0.15, 0.2) is 48.3 Å². The van der Waals surface area contributed by atoms with Crippen molar-refractivity contribution in [3.63, 3.8) is 0 Å². The van der Waals surface area contributed by atoms with Gasteiger partial charge in [-0.25, -0.2) is 8.78 Å². The van der Waals surface area contributed by atoms with Gasteiger partial charge < -0.3 is 20.3 Å². The first-order chi connectivity index (χ1) is 19.5. The van der Waals surface area contributed by atoms with E-state index in [2.05, 4.69) is 17.5 Å². The first kappa shape index (κ1) is 32.0. The van der Waals surface area contributed by atoms with Gasteiger partial charge in [0.15, 0.2) is 0 Å². The predicted molar refractivity (Wildman–Crippen MR) is 156 cm³/mol. The summed E-state index contributed by atoms with van der Waals surface area (Å²) < 4.78 is 35.8. The summed E-state index contributed by atoms with van der Waals surface area (Å²) in [7, 11) is 0. The summed E-state index contributed by atoms with van der Waals surface area (Å²) >= 11 is 0. The Hall–Kier alpha value is -3.51. The summed E-state index contributed by atoms with van der Waals surface area (Å²) in [6.45, 7) is 12.3. The molecule has 41 heavy (non-hydrogen) atoms. The average Bonchev–Trinajstić information content (AvgIpc) is 3.47. The molecular formula is C32H42F2N4O3. The Morgan fingerprint density at radius 2 is 1.88 bits per heavy atom. The van der Waals surface area contributed by atoms with Crippen molar-refractivity contribution in [2.75, 3.05) is 32.8 Å². The largest absolute Gasteiger partial charge is 0.492 e. The molecule has 222 valence electrons. The van der Waals surface area contributed by atoms with E-state index in [0.29, 0.717) is 73.8 Å². The number of carbonyl (C=O) groups excluding carboxylic acids is 2. The number of likely N-dealkylation sites (tertiary alicyclic amines) is 2. The van der Waals surface area contributed by atoms with Crippen molar-refractivity contribution < 1.29 is 23.1 Å². The molecule has 7 nitrogen and oxygen atoms in total. The zero-order valence-electron chi connectivity index (χ0n) is 24.4. The Bertz CT molecular complexity index is 1220. The van der Waals surface area contributed by atoms with Crippen LogP contribution < -0.4 is 5.73 Å². The lowest BCUT2D eigenvalue weighted by Crippen LogP contribution is -2.43. The lowest BCUT2D eigenvalue weighted by molar-refractivity contribution is -0.121. The van der Waals surface area contributed by atoms with Gasteiger partial charge in [0.2, 0.25) is 5.91 Å². The first-order valence-electron chi connectivity index (χ1n) is 14.4. The van der Waals surface area contributed by atoms with Crippen LogP contribution in [0.4, 0.5) is 8.78 Å². The Labute approximate surface area is 242 Å². The first-order valence-corrected chi connectivity index (χ1v) is 14.4. The number of piperidine rings is 1. The van der Waals surface area contributed by atoms with Crippen LogP contribution in [0.5, 0.6) is 0 Å². The SMILES string of the molecule is C=C(/C=C\C(OCC1CCN(CC(F)(CC)CC)CC1)=C(/C)C#N)c1ccc(C(=O)N2CCC[C@H]2C(N)=O)c(F)c1. The van der Waals surface area contributed by atoms with Gasteiger partial charge in [-0.15, -0.1) is 0 Å². The third-order valence-electron chi connectivity index (χ3n) is 8.34. The van der Waals surface area contributed by atoms with E-state index in [1.54, 1.807) is 25.1 Å². The molecule has 3 rings (SSSR count). The van der Waals surface area contributed by atoms with Crippen LogP contribution in [0.25, 0.3) is 5.57 Å². The topological polar surface area (TPSA) is 99.7 Å². The monoisotopic (exact) mass is 568 g/mol. The molecule has 0 aromatic heterocycles. The number of nitrogens with zero attached hydrogens (tertiary/aromatic N) is 3. The molecule has 0 radical (unpaired) electrons. The standard InChI is InChI=1S/C32H42F2N4O3/c1-5-32(34,6-2)21-37-16-13-24(14-17-37)20-41-29(23(4)19-35)12-9-22(3)25-10-11-26(27(33)18-25)31(40)38-15-7-8-28(38)30(36)39/h9-12,18,24,28H,3,5-8,13-17,20-21H2,1-2,4H3,(H2,36,39)/b12-9-,29-23-/t28-/m0/s1. The molecular weight excluding hydrogens is 526 g/mol. The number of rotatable bonds is 12. The van der Waals surface area contributed by atoms with E-state index in [4.69, 9.17) is 10.5 Å². The van der Waals surface area contributed by atoms with Crippen LogP contribution in [0.3, 0.4) is 0 Å². The lowest BCUT2D eigenvalue weighted by Gasteiger charge is -2.36. The number of nitrogens with two attached hydrogens (primary N) is 1. The van der Waals surface area contributed by atoms with Crippen LogP contribution in [0, 0.1) is 23.1 Å². The second-order valence-corrected chi connectivity index (χ2v) is 11.1. The van der Waals surface area contributed by atoms with Crippen molar-refractivity contribution in [3.05, 3.63) is 65.2 Å². The van der Waals surface area contributed by atoms with Gasteiger partial charge in [-0.2, -0.15) is 5.26 Å². The zero-order chi connectivity index (χ0) is 30.2. The van der Waals surface area contributed by atoms with Gasteiger partial charge in [-0.05, 0) is 93.8 Å². The molecule has 0 spiro atoms. The molecule has 2 amide bonds. The van der Waals surface area contributed by atoms with E-state index in [9.17, 15) is 23.6 Å². The number of hydrogen-bond acceptors (Lipinski definition) is 5. The summed E-state index contributed by atoms with van der Waals surface area (Å²) in [5.41, 5.74) is 5.47. The fraction of sp³-hybridized carbons (Fsp3) is 0.531.